The van der Waals surface area contributed by atoms with Gasteiger partial charge < -0.3 is 15.8 Å². The maximum Gasteiger partial charge on any atom is 0.243 e. The van der Waals surface area contributed by atoms with Crippen LogP contribution in [-0.4, -0.2) is 39.4 Å². The largest absolute Gasteiger partial charge is 0.376 e. The Bertz CT molecular complexity index is 645. The van der Waals surface area contributed by atoms with Gasteiger partial charge in [-0.1, -0.05) is 0 Å². The van der Waals surface area contributed by atoms with Gasteiger partial charge in [0.15, 0.2) is 5.65 Å². The molecule has 2 aromatic heterocycles. The molecule has 4 unspecified atom stereocenters. The van der Waals surface area contributed by atoms with Crippen LogP contribution in [0.1, 0.15) is 12.8 Å². The van der Waals surface area contributed by atoms with Crippen molar-refractivity contribution in [2.24, 2.45) is 11.7 Å². The zero-order chi connectivity index (χ0) is 13.7. The highest BCUT2D eigenvalue weighted by Gasteiger charge is 2.50. The summed E-state index contributed by atoms with van der Waals surface area (Å²) < 4.78 is 20.3. The SMILES string of the molecule is NC1C2CCCOC2C1Nc1nc2ccc(F)cn2n1. The first-order chi connectivity index (χ1) is 9.72. The van der Waals surface area contributed by atoms with Gasteiger partial charge in [0, 0.05) is 18.6 Å². The van der Waals surface area contributed by atoms with Crippen LogP contribution in [0.3, 0.4) is 0 Å². The molecule has 2 fully saturated rings. The molecule has 1 saturated carbocycles. The van der Waals surface area contributed by atoms with Gasteiger partial charge in [0.25, 0.3) is 0 Å². The fourth-order valence-electron chi connectivity index (χ4n) is 3.19. The Labute approximate surface area is 115 Å². The first kappa shape index (κ1) is 12.0. The van der Waals surface area contributed by atoms with E-state index in [2.05, 4.69) is 15.4 Å². The predicted molar refractivity (Wildman–Crippen MR) is 70.8 cm³/mol. The number of nitrogens with zero attached hydrogens (tertiary/aromatic N) is 3. The van der Waals surface area contributed by atoms with Crippen molar-refractivity contribution in [2.75, 3.05) is 11.9 Å². The number of halogens is 1. The molecule has 20 heavy (non-hydrogen) atoms. The Morgan fingerprint density at radius 2 is 2.35 bits per heavy atom. The van der Waals surface area contributed by atoms with Crippen LogP contribution in [0.25, 0.3) is 5.65 Å². The van der Waals surface area contributed by atoms with Crippen molar-refractivity contribution in [1.82, 2.24) is 14.6 Å². The summed E-state index contributed by atoms with van der Waals surface area (Å²) >= 11 is 0. The lowest BCUT2D eigenvalue weighted by molar-refractivity contribution is -0.104. The third kappa shape index (κ3) is 1.77. The van der Waals surface area contributed by atoms with Crippen LogP contribution in [-0.2, 0) is 4.74 Å². The van der Waals surface area contributed by atoms with E-state index >= 15 is 0 Å². The molecule has 0 amide bonds. The van der Waals surface area contributed by atoms with E-state index in [9.17, 15) is 4.39 Å². The molecule has 106 valence electrons. The van der Waals surface area contributed by atoms with Gasteiger partial charge >= 0.3 is 0 Å². The van der Waals surface area contributed by atoms with Crippen molar-refractivity contribution in [1.29, 1.82) is 0 Å². The molecule has 4 rings (SSSR count). The summed E-state index contributed by atoms with van der Waals surface area (Å²) in [5.74, 6) is 0.546. The molecule has 1 saturated heterocycles. The Morgan fingerprint density at radius 3 is 3.25 bits per heavy atom. The number of fused-ring (bicyclic) bond motifs is 2. The van der Waals surface area contributed by atoms with E-state index < -0.39 is 0 Å². The molecule has 0 spiro atoms. The standard InChI is InChI=1S/C13H16FN5O/c14-7-3-4-9-16-13(18-19(9)6-7)17-11-10(15)8-2-1-5-20-12(8)11/h3-4,6,8,10-12H,1-2,5,15H2,(H,17,18). The highest BCUT2D eigenvalue weighted by atomic mass is 19.1. The molecule has 1 aliphatic heterocycles. The van der Waals surface area contributed by atoms with Gasteiger partial charge in [-0.05, 0) is 25.0 Å². The van der Waals surface area contributed by atoms with E-state index in [-0.39, 0.29) is 24.0 Å². The molecule has 1 aliphatic carbocycles. The molecular weight excluding hydrogens is 261 g/mol. The van der Waals surface area contributed by atoms with Crippen molar-refractivity contribution in [3.05, 3.63) is 24.1 Å². The van der Waals surface area contributed by atoms with Crippen molar-refractivity contribution in [3.63, 3.8) is 0 Å². The first-order valence-corrected chi connectivity index (χ1v) is 6.88. The summed E-state index contributed by atoms with van der Waals surface area (Å²) in [5, 5.41) is 7.43. The summed E-state index contributed by atoms with van der Waals surface area (Å²) in [7, 11) is 0. The monoisotopic (exact) mass is 277 g/mol. The van der Waals surface area contributed by atoms with Crippen molar-refractivity contribution >= 4 is 11.6 Å². The summed E-state index contributed by atoms with van der Waals surface area (Å²) in [6.45, 7) is 0.788. The normalized spacial score (nSPS) is 32.7. The van der Waals surface area contributed by atoms with Crippen LogP contribution in [0.2, 0.25) is 0 Å². The number of nitrogens with one attached hydrogen (secondary N) is 1. The third-order valence-corrected chi connectivity index (χ3v) is 4.27. The lowest BCUT2D eigenvalue weighted by atomic mass is 9.69. The van der Waals surface area contributed by atoms with Crippen LogP contribution >= 0.6 is 0 Å². The van der Waals surface area contributed by atoms with Gasteiger partial charge in [0.1, 0.15) is 5.82 Å². The Kier molecular flexibility index (Phi) is 2.64. The van der Waals surface area contributed by atoms with Crippen LogP contribution in [0.5, 0.6) is 0 Å². The van der Waals surface area contributed by atoms with Crippen LogP contribution in [0.4, 0.5) is 10.3 Å². The highest BCUT2D eigenvalue weighted by Crippen LogP contribution is 2.38. The van der Waals surface area contributed by atoms with Gasteiger partial charge in [0.05, 0.1) is 18.3 Å². The van der Waals surface area contributed by atoms with Gasteiger partial charge in [-0.25, -0.2) is 8.91 Å². The summed E-state index contributed by atoms with van der Waals surface area (Å²) in [5.41, 5.74) is 6.78. The van der Waals surface area contributed by atoms with Gasteiger partial charge in [-0.3, -0.25) is 0 Å². The molecule has 0 bridgehead atoms. The first-order valence-electron chi connectivity index (χ1n) is 6.88. The molecule has 0 aromatic carbocycles. The quantitative estimate of drug-likeness (QED) is 0.848. The number of pyridine rings is 1. The highest BCUT2D eigenvalue weighted by molar-refractivity contribution is 5.44. The summed E-state index contributed by atoms with van der Waals surface area (Å²) in [6.07, 6.45) is 3.64. The molecular formula is C13H16FN5O. The average molecular weight is 277 g/mol. The molecule has 6 nitrogen and oxygen atoms in total. The van der Waals surface area contributed by atoms with Crippen molar-refractivity contribution in [3.8, 4) is 0 Å². The minimum absolute atomic E-state index is 0.0301. The average Bonchev–Trinajstić information content (AvgIpc) is 2.86. The third-order valence-electron chi connectivity index (χ3n) is 4.27. The maximum atomic E-state index is 13.1. The second kappa shape index (κ2) is 4.39. The van der Waals surface area contributed by atoms with Crippen LogP contribution < -0.4 is 11.1 Å². The smallest absolute Gasteiger partial charge is 0.243 e. The number of rotatable bonds is 2. The number of aromatic nitrogens is 3. The van der Waals surface area contributed by atoms with Crippen LogP contribution in [0, 0.1) is 11.7 Å². The number of nitrogens with two attached hydrogens (primary N) is 1. The number of anilines is 1. The van der Waals surface area contributed by atoms with E-state index in [1.54, 1.807) is 6.07 Å². The lowest BCUT2D eigenvalue weighted by Crippen LogP contribution is -2.69. The molecule has 0 radical (unpaired) electrons. The molecule has 3 N–H and O–H groups in total. The number of hydrogen-bond acceptors (Lipinski definition) is 5. The Hall–Kier alpha value is -1.73. The second-order valence-electron chi connectivity index (χ2n) is 5.47. The Balaban J connectivity index is 1.55. The summed E-state index contributed by atoms with van der Waals surface area (Å²) in [6, 6.07) is 3.04. The van der Waals surface area contributed by atoms with Crippen LogP contribution in [0.15, 0.2) is 18.3 Å². The minimum atomic E-state index is -0.343. The molecule has 4 atom stereocenters. The minimum Gasteiger partial charge on any atom is -0.376 e. The van der Waals surface area contributed by atoms with E-state index in [1.807, 2.05) is 0 Å². The van der Waals surface area contributed by atoms with E-state index in [4.69, 9.17) is 10.5 Å². The fraction of sp³-hybridized carbons (Fsp3) is 0.538. The van der Waals surface area contributed by atoms with Crippen molar-refractivity contribution in [2.45, 2.75) is 31.0 Å². The molecule has 3 heterocycles. The van der Waals surface area contributed by atoms with Gasteiger partial charge in [-0.2, -0.15) is 4.98 Å². The van der Waals surface area contributed by atoms with Gasteiger partial charge in [0.2, 0.25) is 5.95 Å². The van der Waals surface area contributed by atoms with Crippen molar-refractivity contribution < 1.29 is 9.13 Å². The lowest BCUT2D eigenvalue weighted by Gasteiger charge is -2.52. The molecule has 2 aromatic rings. The summed E-state index contributed by atoms with van der Waals surface area (Å²) in [4.78, 5) is 4.31. The van der Waals surface area contributed by atoms with Gasteiger partial charge in [-0.15, -0.1) is 5.10 Å². The zero-order valence-electron chi connectivity index (χ0n) is 10.9. The zero-order valence-corrected chi connectivity index (χ0v) is 10.9. The van der Waals surface area contributed by atoms with E-state index in [1.165, 1.54) is 16.8 Å². The number of ether oxygens (including phenoxy) is 1. The molecule has 2 aliphatic rings. The Morgan fingerprint density at radius 1 is 1.45 bits per heavy atom. The topological polar surface area (TPSA) is 77.5 Å². The maximum absolute atomic E-state index is 13.1. The van der Waals surface area contributed by atoms with E-state index in [0.29, 0.717) is 17.5 Å². The predicted octanol–water partition coefficient (Wildman–Crippen LogP) is 0.785. The fourth-order valence-corrected chi connectivity index (χ4v) is 3.19. The number of hydrogen-bond donors (Lipinski definition) is 2. The second-order valence-corrected chi connectivity index (χ2v) is 5.47. The molecule has 7 heteroatoms. The van der Waals surface area contributed by atoms with E-state index in [0.717, 1.165) is 19.4 Å².